The van der Waals surface area contributed by atoms with E-state index in [2.05, 4.69) is 5.32 Å². The average Bonchev–Trinajstić information content (AvgIpc) is 3.42. The SMILES string of the molecule is COc1ccc(-c2sc3c(c2CNCc2ccc(OC)c(OC)c2)c(=O)c(C(=O)O)cn3Cc2ccccc2OC)cc1. The second kappa shape index (κ2) is 13.0. The molecule has 3 aromatic carbocycles. The Balaban J connectivity index is 1.64. The first-order chi connectivity index (χ1) is 20.9. The molecule has 222 valence electrons. The number of methoxy groups -OCH3 is 4. The molecule has 43 heavy (non-hydrogen) atoms. The van der Waals surface area contributed by atoms with Crippen LogP contribution in [0.4, 0.5) is 0 Å². The van der Waals surface area contributed by atoms with Gasteiger partial charge in [0.1, 0.15) is 21.9 Å². The van der Waals surface area contributed by atoms with E-state index in [0.717, 1.165) is 27.1 Å². The Kier molecular flexibility index (Phi) is 8.98. The number of rotatable bonds is 12. The highest BCUT2D eigenvalue weighted by Gasteiger charge is 2.23. The fraction of sp³-hybridized carbons (Fsp3) is 0.212. The van der Waals surface area contributed by atoms with Gasteiger partial charge in [0, 0.05) is 29.7 Å². The number of thiophene rings is 1. The van der Waals surface area contributed by atoms with Gasteiger partial charge in [0.25, 0.3) is 0 Å². The lowest BCUT2D eigenvalue weighted by molar-refractivity contribution is 0.0695. The number of aromatic nitrogens is 1. The first-order valence-electron chi connectivity index (χ1n) is 13.5. The van der Waals surface area contributed by atoms with E-state index in [1.165, 1.54) is 17.5 Å². The first-order valence-corrected chi connectivity index (χ1v) is 14.3. The smallest absolute Gasteiger partial charge is 0.341 e. The monoisotopic (exact) mass is 600 g/mol. The van der Waals surface area contributed by atoms with Crippen LogP contribution in [0.5, 0.6) is 23.0 Å². The number of benzene rings is 3. The summed E-state index contributed by atoms with van der Waals surface area (Å²) in [6.07, 6.45) is 1.43. The van der Waals surface area contributed by atoms with Crippen LogP contribution in [0.15, 0.2) is 77.7 Å². The van der Waals surface area contributed by atoms with Crippen LogP contribution in [-0.4, -0.2) is 44.1 Å². The van der Waals surface area contributed by atoms with Gasteiger partial charge in [-0.1, -0.05) is 24.3 Å². The number of pyridine rings is 1. The Morgan fingerprint density at radius 3 is 2.26 bits per heavy atom. The molecule has 0 unspecified atom stereocenters. The Labute approximate surface area is 252 Å². The molecule has 0 saturated heterocycles. The highest BCUT2D eigenvalue weighted by atomic mass is 32.1. The summed E-state index contributed by atoms with van der Waals surface area (Å²) in [5, 5.41) is 13.9. The molecule has 2 heterocycles. The third-order valence-electron chi connectivity index (χ3n) is 7.20. The number of carbonyl (C=O) groups is 1. The zero-order valence-corrected chi connectivity index (χ0v) is 25.1. The van der Waals surface area contributed by atoms with E-state index < -0.39 is 11.4 Å². The summed E-state index contributed by atoms with van der Waals surface area (Å²) >= 11 is 1.45. The topological polar surface area (TPSA) is 108 Å². The maximum absolute atomic E-state index is 13.8. The molecule has 0 bridgehead atoms. The Morgan fingerprint density at radius 1 is 0.860 bits per heavy atom. The summed E-state index contributed by atoms with van der Waals surface area (Å²) in [6.45, 7) is 1.12. The Bertz CT molecular complexity index is 1830. The predicted octanol–water partition coefficient (Wildman–Crippen LogP) is 5.80. The number of fused-ring (bicyclic) bond motifs is 1. The highest BCUT2D eigenvalue weighted by Crippen LogP contribution is 2.39. The molecule has 0 radical (unpaired) electrons. The highest BCUT2D eigenvalue weighted by molar-refractivity contribution is 7.22. The number of para-hydroxylation sites is 1. The van der Waals surface area contributed by atoms with Crippen molar-refractivity contribution in [2.45, 2.75) is 19.6 Å². The minimum atomic E-state index is -1.28. The number of hydrogen-bond donors (Lipinski definition) is 2. The van der Waals surface area contributed by atoms with Crippen molar-refractivity contribution in [3.05, 3.63) is 105 Å². The third kappa shape index (κ3) is 6.06. The summed E-state index contributed by atoms with van der Waals surface area (Å²) in [5.41, 5.74) is 2.64. The van der Waals surface area contributed by atoms with Crippen molar-refractivity contribution >= 4 is 27.5 Å². The summed E-state index contributed by atoms with van der Waals surface area (Å²) in [5.74, 6) is 1.36. The van der Waals surface area contributed by atoms with E-state index in [0.29, 0.717) is 52.8 Å². The molecular formula is C33H32N2O7S. The number of hydrogen-bond acceptors (Lipinski definition) is 8. The Morgan fingerprint density at radius 2 is 1.58 bits per heavy atom. The van der Waals surface area contributed by atoms with Gasteiger partial charge in [-0.15, -0.1) is 11.3 Å². The van der Waals surface area contributed by atoms with Crippen molar-refractivity contribution in [2.75, 3.05) is 28.4 Å². The summed E-state index contributed by atoms with van der Waals surface area (Å²) < 4.78 is 23.5. The number of carboxylic acids is 1. The molecule has 0 aliphatic heterocycles. The molecule has 0 spiro atoms. The molecule has 10 heteroatoms. The molecule has 9 nitrogen and oxygen atoms in total. The third-order valence-corrected chi connectivity index (χ3v) is 8.52. The number of nitrogens with zero attached hydrogens (tertiary/aromatic N) is 1. The maximum atomic E-state index is 13.8. The van der Waals surface area contributed by atoms with Gasteiger partial charge in [-0.2, -0.15) is 0 Å². The molecule has 5 aromatic rings. The summed E-state index contributed by atoms with van der Waals surface area (Å²) in [7, 11) is 6.38. The van der Waals surface area contributed by atoms with Crippen LogP contribution in [0, 0.1) is 0 Å². The van der Waals surface area contributed by atoms with Crippen molar-refractivity contribution < 1.29 is 28.8 Å². The molecule has 5 rings (SSSR count). The average molecular weight is 601 g/mol. The number of ether oxygens (including phenoxy) is 4. The fourth-order valence-electron chi connectivity index (χ4n) is 5.05. The van der Waals surface area contributed by atoms with Crippen LogP contribution in [0.3, 0.4) is 0 Å². The van der Waals surface area contributed by atoms with Crippen molar-refractivity contribution in [3.8, 4) is 33.4 Å². The van der Waals surface area contributed by atoms with Crippen LogP contribution < -0.4 is 29.7 Å². The van der Waals surface area contributed by atoms with Gasteiger partial charge in [-0.05, 0) is 59.2 Å². The van der Waals surface area contributed by atoms with E-state index in [1.54, 1.807) is 28.4 Å². The number of aromatic carboxylic acids is 1. The largest absolute Gasteiger partial charge is 0.497 e. The first kappa shape index (κ1) is 29.7. The number of carboxylic acid groups (broad SMARTS) is 1. The van der Waals surface area contributed by atoms with Gasteiger partial charge in [-0.25, -0.2) is 4.79 Å². The molecular weight excluding hydrogens is 568 g/mol. The van der Waals surface area contributed by atoms with E-state index in [-0.39, 0.29) is 5.56 Å². The zero-order valence-electron chi connectivity index (χ0n) is 24.3. The summed E-state index contributed by atoms with van der Waals surface area (Å²) in [6, 6.07) is 20.8. The number of nitrogens with one attached hydrogen (secondary N) is 1. The lowest BCUT2D eigenvalue weighted by Crippen LogP contribution is -2.20. The van der Waals surface area contributed by atoms with Crippen molar-refractivity contribution in [1.82, 2.24) is 9.88 Å². The van der Waals surface area contributed by atoms with Gasteiger partial charge in [0.15, 0.2) is 11.5 Å². The van der Waals surface area contributed by atoms with E-state index >= 15 is 0 Å². The van der Waals surface area contributed by atoms with Gasteiger partial charge >= 0.3 is 5.97 Å². The second-order valence-corrected chi connectivity index (χ2v) is 10.7. The lowest BCUT2D eigenvalue weighted by Gasteiger charge is -2.13. The van der Waals surface area contributed by atoms with E-state index in [4.69, 9.17) is 18.9 Å². The van der Waals surface area contributed by atoms with Crippen molar-refractivity contribution in [1.29, 1.82) is 0 Å². The predicted molar refractivity (Wildman–Crippen MR) is 167 cm³/mol. The minimum absolute atomic E-state index is 0.289. The molecule has 2 aromatic heterocycles. The van der Waals surface area contributed by atoms with Gasteiger partial charge < -0.3 is 33.9 Å². The van der Waals surface area contributed by atoms with Crippen LogP contribution in [0.25, 0.3) is 20.7 Å². The van der Waals surface area contributed by atoms with Crippen LogP contribution in [0.2, 0.25) is 0 Å². The molecule has 2 N–H and O–H groups in total. The van der Waals surface area contributed by atoms with E-state index in [1.807, 2.05) is 71.3 Å². The van der Waals surface area contributed by atoms with E-state index in [9.17, 15) is 14.7 Å². The molecule has 0 aliphatic rings. The second-order valence-electron chi connectivity index (χ2n) is 9.73. The minimum Gasteiger partial charge on any atom is -0.497 e. The normalized spacial score (nSPS) is 11.0. The van der Waals surface area contributed by atoms with Gasteiger partial charge in [-0.3, -0.25) is 4.79 Å². The molecule has 0 atom stereocenters. The quantitative estimate of drug-likeness (QED) is 0.185. The maximum Gasteiger partial charge on any atom is 0.341 e. The van der Waals surface area contributed by atoms with Gasteiger partial charge in [0.05, 0.1) is 40.4 Å². The van der Waals surface area contributed by atoms with Crippen molar-refractivity contribution in [3.63, 3.8) is 0 Å². The van der Waals surface area contributed by atoms with Crippen molar-refractivity contribution in [2.24, 2.45) is 0 Å². The lowest BCUT2D eigenvalue weighted by atomic mass is 10.0. The zero-order chi connectivity index (χ0) is 30.5. The Hall–Kier alpha value is -4.80. The molecule has 0 fully saturated rings. The van der Waals surface area contributed by atoms with Gasteiger partial charge in [0.2, 0.25) is 5.43 Å². The fourth-order valence-corrected chi connectivity index (χ4v) is 6.35. The molecule has 0 amide bonds. The van der Waals surface area contributed by atoms with Crippen LogP contribution in [0.1, 0.15) is 27.0 Å². The van der Waals surface area contributed by atoms with Crippen LogP contribution in [-0.2, 0) is 19.6 Å². The summed E-state index contributed by atoms with van der Waals surface area (Å²) in [4.78, 5) is 27.6. The van der Waals surface area contributed by atoms with Crippen LogP contribution >= 0.6 is 11.3 Å². The molecule has 0 aliphatic carbocycles. The standard InChI is InChI=1S/C33H32N2O7S/c1-39-23-12-10-21(11-13-23)31-24(17-34-16-20-9-14-27(41-3)28(15-20)42-4)29-30(36)25(33(37)38)19-35(32(29)43-31)18-22-7-5-6-8-26(22)40-2/h5-15,19,34H,16-18H2,1-4H3,(H,37,38). The molecule has 0 saturated carbocycles.